The molecule has 0 aromatic heterocycles. The molecule has 0 aliphatic heterocycles. The first-order chi connectivity index (χ1) is 5.45. The van der Waals surface area contributed by atoms with Gasteiger partial charge >= 0.3 is 0 Å². The predicted molar refractivity (Wildman–Crippen MR) is 52.8 cm³/mol. The quantitative estimate of drug-likeness (QED) is 0.439. The molecular weight excluding hydrogens is 151 g/mol. The summed E-state index contributed by atoms with van der Waals surface area (Å²) in [6.45, 7) is 0. The lowest BCUT2D eigenvalue weighted by Crippen LogP contribution is -1.98. The molecule has 0 radical (unpaired) electrons. The fourth-order valence-corrected chi connectivity index (χ4v) is 3.94. The van der Waals surface area contributed by atoms with E-state index >= 15 is 0 Å². The Kier molecular flexibility index (Phi) is 2.85. The van der Waals surface area contributed by atoms with E-state index in [1.807, 2.05) is 0 Å². The highest BCUT2D eigenvalue weighted by Gasteiger charge is 2.25. The summed E-state index contributed by atoms with van der Waals surface area (Å²) in [6, 6.07) is 0. The van der Waals surface area contributed by atoms with E-state index in [-0.39, 0.29) is 0 Å². The lowest BCUT2D eigenvalue weighted by molar-refractivity contribution is 0.702. The molecule has 2 saturated carbocycles. The van der Waals surface area contributed by atoms with E-state index in [1.54, 1.807) is 25.7 Å². The van der Waals surface area contributed by atoms with Gasteiger partial charge in [0.05, 0.1) is 0 Å². The molecule has 0 bridgehead atoms. The van der Waals surface area contributed by atoms with Gasteiger partial charge < -0.3 is 0 Å². The van der Waals surface area contributed by atoms with Crippen molar-refractivity contribution in [2.24, 2.45) is 0 Å². The predicted octanol–water partition coefficient (Wildman–Crippen LogP) is 3.55. The molecule has 0 heterocycles. The second-order valence-electron chi connectivity index (χ2n) is 4.13. The van der Waals surface area contributed by atoms with Crippen molar-refractivity contribution >= 4 is 8.58 Å². The van der Waals surface area contributed by atoms with Crippen LogP contribution in [-0.4, -0.2) is 11.3 Å². The van der Waals surface area contributed by atoms with Gasteiger partial charge in [0.2, 0.25) is 0 Å². The first kappa shape index (κ1) is 8.05. The van der Waals surface area contributed by atoms with Crippen LogP contribution in [0.15, 0.2) is 0 Å². The first-order valence-corrected chi connectivity index (χ1v) is 6.37. The van der Waals surface area contributed by atoms with Gasteiger partial charge in [0.15, 0.2) is 0 Å². The molecular formula is C10H19P. The van der Waals surface area contributed by atoms with Crippen LogP contribution < -0.4 is 0 Å². The van der Waals surface area contributed by atoms with Gasteiger partial charge in [-0.2, -0.15) is 0 Å². The van der Waals surface area contributed by atoms with Crippen LogP contribution in [0.5, 0.6) is 0 Å². The van der Waals surface area contributed by atoms with Crippen LogP contribution in [0, 0.1) is 0 Å². The van der Waals surface area contributed by atoms with Gasteiger partial charge in [-0.05, 0) is 37.0 Å². The van der Waals surface area contributed by atoms with E-state index in [2.05, 4.69) is 0 Å². The number of hydrogen-bond acceptors (Lipinski definition) is 0. The number of rotatable bonds is 2. The Bertz CT molecular complexity index is 110. The zero-order valence-electron chi connectivity index (χ0n) is 7.31. The Balaban J connectivity index is 1.71. The van der Waals surface area contributed by atoms with E-state index in [4.69, 9.17) is 0 Å². The van der Waals surface area contributed by atoms with E-state index in [9.17, 15) is 0 Å². The van der Waals surface area contributed by atoms with Crippen LogP contribution >= 0.6 is 8.58 Å². The summed E-state index contributed by atoms with van der Waals surface area (Å²) in [5, 5.41) is 0. The minimum atomic E-state index is 1.16. The maximum absolute atomic E-state index is 1.56. The van der Waals surface area contributed by atoms with Crippen molar-refractivity contribution in [1.29, 1.82) is 0 Å². The zero-order chi connectivity index (χ0) is 7.52. The average molecular weight is 170 g/mol. The van der Waals surface area contributed by atoms with Crippen molar-refractivity contribution in [3.8, 4) is 0 Å². The van der Waals surface area contributed by atoms with Crippen LogP contribution in [0.3, 0.4) is 0 Å². The topological polar surface area (TPSA) is 0 Å². The molecule has 0 nitrogen and oxygen atoms in total. The van der Waals surface area contributed by atoms with Gasteiger partial charge in [0.25, 0.3) is 0 Å². The Hall–Kier alpha value is 0.430. The maximum Gasteiger partial charge on any atom is -0.0234 e. The molecule has 1 atom stereocenters. The van der Waals surface area contributed by atoms with Gasteiger partial charge in [-0.1, -0.05) is 25.7 Å². The monoisotopic (exact) mass is 170 g/mol. The summed E-state index contributed by atoms with van der Waals surface area (Å²) in [5.74, 6) is 0. The molecule has 1 heteroatoms. The van der Waals surface area contributed by atoms with Crippen molar-refractivity contribution in [3.63, 3.8) is 0 Å². The molecule has 64 valence electrons. The normalized spacial score (nSPS) is 29.5. The van der Waals surface area contributed by atoms with Crippen molar-refractivity contribution in [1.82, 2.24) is 0 Å². The van der Waals surface area contributed by atoms with E-state index < -0.39 is 0 Å². The Labute approximate surface area is 71.9 Å². The molecule has 0 aromatic rings. The summed E-state index contributed by atoms with van der Waals surface area (Å²) >= 11 is 0. The number of hydrogen-bond donors (Lipinski definition) is 0. The fourth-order valence-electron chi connectivity index (χ4n) is 2.03. The van der Waals surface area contributed by atoms with Crippen LogP contribution in [0.1, 0.15) is 51.4 Å². The van der Waals surface area contributed by atoms with E-state index in [0.29, 0.717) is 0 Å². The minimum absolute atomic E-state index is 1.16. The SMILES string of the molecule is C1CCCC(PC2CC2)CC1. The van der Waals surface area contributed by atoms with Crippen molar-refractivity contribution in [2.75, 3.05) is 0 Å². The van der Waals surface area contributed by atoms with Crippen LogP contribution in [0.25, 0.3) is 0 Å². The zero-order valence-corrected chi connectivity index (χ0v) is 8.31. The molecule has 2 aliphatic carbocycles. The lowest BCUT2D eigenvalue weighted by Gasteiger charge is -2.12. The Morgan fingerprint density at radius 3 is 1.73 bits per heavy atom. The smallest absolute Gasteiger partial charge is 0.0234 e. The van der Waals surface area contributed by atoms with E-state index in [1.165, 1.54) is 39.9 Å². The third kappa shape index (κ3) is 2.75. The van der Waals surface area contributed by atoms with Crippen molar-refractivity contribution < 1.29 is 0 Å². The molecule has 0 N–H and O–H groups in total. The van der Waals surface area contributed by atoms with E-state index in [0.717, 1.165) is 5.66 Å². The van der Waals surface area contributed by atoms with Gasteiger partial charge in [0, 0.05) is 0 Å². The van der Waals surface area contributed by atoms with Gasteiger partial charge in [0.1, 0.15) is 0 Å². The molecule has 0 saturated heterocycles. The third-order valence-corrected chi connectivity index (χ3v) is 5.00. The van der Waals surface area contributed by atoms with Crippen molar-refractivity contribution in [3.05, 3.63) is 0 Å². The second kappa shape index (κ2) is 3.90. The summed E-state index contributed by atoms with van der Waals surface area (Å²) in [5.41, 5.74) is 2.35. The molecule has 2 rings (SSSR count). The maximum atomic E-state index is 1.56. The molecule has 0 spiro atoms. The molecule has 0 aromatic carbocycles. The first-order valence-electron chi connectivity index (χ1n) is 5.21. The van der Waals surface area contributed by atoms with Crippen molar-refractivity contribution in [2.45, 2.75) is 62.7 Å². The van der Waals surface area contributed by atoms with Gasteiger partial charge in [-0.15, -0.1) is 8.58 Å². The summed E-state index contributed by atoms with van der Waals surface area (Å²) < 4.78 is 0. The standard InChI is InChI=1S/C10H19P/c1-2-4-6-9(5-3-1)11-10-7-8-10/h9-11H,1-8H2. The van der Waals surface area contributed by atoms with Crippen LogP contribution in [0.4, 0.5) is 0 Å². The summed E-state index contributed by atoms with van der Waals surface area (Å²) in [6.07, 6.45) is 12.4. The summed E-state index contributed by atoms with van der Waals surface area (Å²) in [4.78, 5) is 0. The molecule has 2 fully saturated rings. The highest BCUT2D eigenvalue weighted by Crippen LogP contribution is 2.45. The minimum Gasteiger partial charge on any atom is -0.116 e. The molecule has 2 aliphatic rings. The third-order valence-electron chi connectivity index (χ3n) is 2.90. The van der Waals surface area contributed by atoms with Gasteiger partial charge in [-0.25, -0.2) is 0 Å². The van der Waals surface area contributed by atoms with Gasteiger partial charge in [-0.3, -0.25) is 0 Å². The van der Waals surface area contributed by atoms with Crippen LogP contribution in [0.2, 0.25) is 0 Å². The summed E-state index contributed by atoms with van der Waals surface area (Å²) in [7, 11) is 1.34. The Morgan fingerprint density at radius 1 is 0.636 bits per heavy atom. The Morgan fingerprint density at radius 2 is 1.18 bits per heavy atom. The molecule has 11 heavy (non-hydrogen) atoms. The largest absolute Gasteiger partial charge is 0.116 e. The highest BCUT2D eigenvalue weighted by atomic mass is 31.1. The lowest BCUT2D eigenvalue weighted by atomic mass is 10.2. The fraction of sp³-hybridized carbons (Fsp3) is 1.00. The van der Waals surface area contributed by atoms with Crippen LogP contribution in [-0.2, 0) is 0 Å². The average Bonchev–Trinajstić information content (AvgIpc) is 2.77. The second-order valence-corrected chi connectivity index (χ2v) is 6.10. The molecule has 0 amide bonds. The molecule has 1 unspecified atom stereocenters. The highest BCUT2D eigenvalue weighted by molar-refractivity contribution is 7.40.